The van der Waals surface area contributed by atoms with Gasteiger partial charge in [-0.25, -0.2) is 0 Å². The van der Waals surface area contributed by atoms with E-state index in [9.17, 15) is 0 Å². The van der Waals surface area contributed by atoms with Crippen LogP contribution in [0, 0.1) is 6.07 Å². The van der Waals surface area contributed by atoms with Crippen LogP contribution < -0.4 is 5.32 Å². The van der Waals surface area contributed by atoms with Crippen molar-refractivity contribution in [2.75, 3.05) is 5.32 Å². The lowest BCUT2D eigenvalue weighted by molar-refractivity contribution is 1.13. The molecule has 2 heteroatoms. The van der Waals surface area contributed by atoms with Crippen molar-refractivity contribution in [1.29, 1.82) is 0 Å². The molecule has 0 saturated carbocycles. The molecule has 69 valence electrons. The molecule has 0 fully saturated rings. The SMILES string of the molecule is [c]1cccc(NCc2ccncc2)c1. The van der Waals surface area contributed by atoms with E-state index in [1.54, 1.807) is 12.4 Å². The average Bonchev–Trinajstić information content (AvgIpc) is 2.29. The summed E-state index contributed by atoms with van der Waals surface area (Å²) in [6, 6.07) is 14.8. The summed E-state index contributed by atoms with van der Waals surface area (Å²) in [5.74, 6) is 0. The minimum absolute atomic E-state index is 0.820. The van der Waals surface area contributed by atoms with Crippen LogP contribution in [0.25, 0.3) is 0 Å². The zero-order valence-corrected chi connectivity index (χ0v) is 7.77. The van der Waals surface area contributed by atoms with Gasteiger partial charge in [0, 0.05) is 24.6 Å². The standard InChI is InChI=1S/C12H11N2/c1-2-4-12(5-3-1)14-10-11-6-8-13-9-7-11/h1-2,4-9,14H,10H2. The Balaban J connectivity index is 1.96. The summed E-state index contributed by atoms with van der Waals surface area (Å²) in [4.78, 5) is 3.97. The van der Waals surface area contributed by atoms with E-state index in [0.717, 1.165) is 12.2 Å². The fourth-order valence-electron chi connectivity index (χ4n) is 1.21. The molecule has 0 aliphatic heterocycles. The number of hydrogen-bond acceptors (Lipinski definition) is 2. The van der Waals surface area contributed by atoms with Gasteiger partial charge in [-0.2, -0.15) is 0 Å². The largest absolute Gasteiger partial charge is 0.381 e. The zero-order chi connectivity index (χ0) is 9.64. The lowest BCUT2D eigenvalue weighted by Crippen LogP contribution is -1.98. The number of pyridine rings is 1. The van der Waals surface area contributed by atoms with Crippen molar-refractivity contribution >= 4 is 5.69 Å². The highest BCUT2D eigenvalue weighted by Crippen LogP contribution is 2.06. The van der Waals surface area contributed by atoms with Gasteiger partial charge in [-0.1, -0.05) is 12.1 Å². The molecule has 1 heterocycles. The molecule has 0 aliphatic rings. The first-order valence-electron chi connectivity index (χ1n) is 4.54. The second kappa shape index (κ2) is 4.42. The molecular formula is C12H11N2. The quantitative estimate of drug-likeness (QED) is 0.790. The summed E-state index contributed by atoms with van der Waals surface area (Å²) in [5.41, 5.74) is 2.31. The van der Waals surface area contributed by atoms with Crippen LogP contribution in [-0.4, -0.2) is 4.98 Å². The maximum absolute atomic E-state index is 3.97. The van der Waals surface area contributed by atoms with Crippen molar-refractivity contribution in [1.82, 2.24) is 4.98 Å². The Morgan fingerprint density at radius 3 is 2.79 bits per heavy atom. The highest BCUT2D eigenvalue weighted by Gasteiger charge is 1.91. The molecule has 1 aromatic carbocycles. The van der Waals surface area contributed by atoms with Crippen molar-refractivity contribution in [3.8, 4) is 0 Å². The van der Waals surface area contributed by atoms with Gasteiger partial charge in [-0.15, -0.1) is 0 Å². The molecule has 2 rings (SSSR count). The first kappa shape index (κ1) is 8.75. The summed E-state index contributed by atoms with van der Waals surface area (Å²) >= 11 is 0. The molecule has 1 aromatic heterocycles. The summed E-state index contributed by atoms with van der Waals surface area (Å²) in [6.45, 7) is 0.820. The van der Waals surface area contributed by atoms with Gasteiger partial charge < -0.3 is 5.32 Å². The van der Waals surface area contributed by atoms with Crippen LogP contribution in [0.15, 0.2) is 48.8 Å². The molecule has 0 unspecified atom stereocenters. The minimum Gasteiger partial charge on any atom is -0.381 e. The summed E-state index contributed by atoms with van der Waals surface area (Å²) in [6.07, 6.45) is 3.60. The fraction of sp³-hybridized carbons (Fsp3) is 0.0833. The van der Waals surface area contributed by atoms with Crippen molar-refractivity contribution in [2.45, 2.75) is 6.54 Å². The van der Waals surface area contributed by atoms with Gasteiger partial charge in [0.25, 0.3) is 0 Å². The maximum atomic E-state index is 3.97. The predicted octanol–water partition coefficient (Wildman–Crippen LogP) is 2.49. The van der Waals surface area contributed by atoms with Crippen LogP contribution in [0.3, 0.4) is 0 Å². The van der Waals surface area contributed by atoms with Gasteiger partial charge >= 0.3 is 0 Å². The van der Waals surface area contributed by atoms with Gasteiger partial charge in [0.1, 0.15) is 0 Å². The van der Waals surface area contributed by atoms with E-state index in [1.165, 1.54) is 5.56 Å². The smallest absolute Gasteiger partial charge is 0.0401 e. The van der Waals surface area contributed by atoms with Gasteiger partial charge in [-0.05, 0) is 35.9 Å². The summed E-state index contributed by atoms with van der Waals surface area (Å²) in [7, 11) is 0. The van der Waals surface area contributed by atoms with Crippen molar-refractivity contribution in [3.05, 3.63) is 60.4 Å². The Hall–Kier alpha value is -1.83. The monoisotopic (exact) mass is 183 g/mol. The predicted molar refractivity (Wildman–Crippen MR) is 56.8 cm³/mol. The van der Waals surface area contributed by atoms with Crippen LogP contribution >= 0.6 is 0 Å². The lowest BCUT2D eigenvalue weighted by atomic mass is 10.2. The topological polar surface area (TPSA) is 24.9 Å². The van der Waals surface area contributed by atoms with Crippen LogP contribution in [0.2, 0.25) is 0 Å². The molecular weight excluding hydrogens is 172 g/mol. The number of benzene rings is 1. The fourth-order valence-corrected chi connectivity index (χ4v) is 1.21. The zero-order valence-electron chi connectivity index (χ0n) is 7.77. The van der Waals surface area contributed by atoms with E-state index >= 15 is 0 Å². The molecule has 0 atom stereocenters. The second-order valence-electron chi connectivity index (χ2n) is 3.00. The van der Waals surface area contributed by atoms with Gasteiger partial charge in [0.2, 0.25) is 0 Å². The molecule has 2 aromatic rings. The van der Waals surface area contributed by atoms with E-state index in [4.69, 9.17) is 0 Å². The highest BCUT2D eigenvalue weighted by molar-refractivity contribution is 5.42. The number of anilines is 1. The third-order valence-corrected chi connectivity index (χ3v) is 1.95. The van der Waals surface area contributed by atoms with Crippen molar-refractivity contribution in [3.63, 3.8) is 0 Å². The Morgan fingerprint density at radius 2 is 2.07 bits per heavy atom. The summed E-state index contributed by atoms with van der Waals surface area (Å²) < 4.78 is 0. The van der Waals surface area contributed by atoms with Crippen LogP contribution in [-0.2, 0) is 6.54 Å². The van der Waals surface area contributed by atoms with Crippen molar-refractivity contribution in [2.24, 2.45) is 0 Å². The first-order valence-corrected chi connectivity index (χ1v) is 4.54. The third-order valence-electron chi connectivity index (χ3n) is 1.95. The molecule has 1 radical (unpaired) electrons. The van der Waals surface area contributed by atoms with E-state index in [-0.39, 0.29) is 0 Å². The van der Waals surface area contributed by atoms with Gasteiger partial charge in [-0.3, -0.25) is 4.98 Å². The van der Waals surface area contributed by atoms with Crippen molar-refractivity contribution < 1.29 is 0 Å². The number of nitrogens with one attached hydrogen (secondary N) is 1. The van der Waals surface area contributed by atoms with Crippen LogP contribution in [0.4, 0.5) is 5.69 Å². The normalized spacial score (nSPS) is 9.71. The van der Waals surface area contributed by atoms with E-state index in [2.05, 4.69) is 16.4 Å². The molecule has 2 nitrogen and oxygen atoms in total. The number of hydrogen-bond donors (Lipinski definition) is 1. The maximum Gasteiger partial charge on any atom is 0.0401 e. The van der Waals surface area contributed by atoms with Crippen LogP contribution in [0.5, 0.6) is 0 Å². The Labute approximate surface area is 83.6 Å². The molecule has 0 bridgehead atoms. The summed E-state index contributed by atoms with van der Waals surface area (Å²) in [5, 5.41) is 3.30. The Morgan fingerprint density at radius 1 is 1.21 bits per heavy atom. The molecule has 0 amide bonds. The lowest BCUT2D eigenvalue weighted by Gasteiger charge is -2.04. The van der Waals surface area contributed by atoms with E-state index < -0.39 is 0 Å². The molecule has 14 heavy (non-hydrogen) atoms. The highest BCUT2D eigenvalue weighted by atomic mass is 14.9. The first-order chi connectivity index (χ1) is 6.95. The second-order valence-corrected chi connectivity index (χ2v) is 3.00. The van der Waals surface area contributed by atoms with Crippen LogP contribution in [0.1, 0.15) is 5.56 Å². The molecule has 0 aliphatic carbocycles. The van der Waals surface area contributed by atoms with Gasteiger partial charge in [0.05, 0.1) is 0 Å². The molecule has 0 saturated heterocycles. The minimum atomic E-state index is 0.820. The average molecular weight is 183 g/mol. The molecule has 1 N–H and O–H groups in total. The van der Waals surface area contributed by atoms with E-state index in [0.29, 0.717) is 0 Å². The number of aromatic nitrogens is 1. The third kappa shape index (κ3) is 2.33. The Bertz CT molecular complexity index is 331. The number of nitrogens with zero attached hydrogens (tertiary/aromatic N) is 1. The van der Waals surface area contributed by atoms with E-state index in [1.807, 2.05) is 36.4 Å². The molecule has 0 spiro atoms. The number of rotatable bonds is 3. The Kier molecular flexibility index (Phi) is 2.76. The van der Waals surface area contributed by atoms with Gasteiger partial charge in [0.15, 0.2) is 0 Å².